The van der Waals surface area contributed by atoms with Crippen LogP contribution in [0, 0.1) is 0 Å². The maximum atomic E-state index is 12.2. The zero-order chi connectivity index (χ0) is 10.8. The molecule has 0 radical (unpaired) electrons. The maximum absolute atomic E-state index is 12.2. The smallest absolute Gasteiger partial charge is 0.448 e. The predicted octanol–water partition coefficient (Wildman–Crippen LogP) is -1.60. The number of hydrogen-bond donors (Lipinski definition) is 0. The minimum atomic E-state index is -4.66. The van der Waals surface area contributed by atoms with Gasteiger partial charge in [0.1, 0.15) is 0 Å². The molecule has 7 heteroatoms. The first kappa shape index (κ1) is 16.4. The number of likely N-dealkylation sites (tertiary alicyclic amines) is 1. The Kier molecular flexibility index (Phi) is 7.64. The van der Waals surface area contributed by atoms with Crippen molar-refractivity contribution >= 4 is 6.98 Å². The number of likely N-dealkylation sites (N-methyl/N-ethyl adjacent to an activating group) is 1. The van der Waals surface area contributed by atoms with E-state index in [0.29, 0.717) is 13.1 Å². The Morgan fingerprint density at radius 2 is 1.93 bits per heavy atom. The van der Waals surface area contributed by atoms with Gasteiger partial charge in [-0.25, -0.2) is 0 Å². The zero-order valence-corrected chi connectivity index (χ0v) is 12.8. The van der Waals surface area contributed by atoms with Gasteiger partial charge in [-0.05, 0) is 39.9 Å². The molecule has 0 N–H and O–H groups in total. The Hall–Kier alpha value is 1.41. The molecule has 1 saturated heterocycles. The van der Waals surface area contributed by atoms with Crippen LogP contribution in [-0.2, 0) is 0 Å². The third kappa shape index (κ3) is 6.65. The van der Waals surface area contributed by atoms with Crippen molar-refractivity contribution in [1.82, 2.24) is 9.80 Å². The van der Waals surface area contributed by atoms with E-state index in [-0.39, 0.29) is 57.4 Å². The van der Waals surface area contributed by atoms with Gasteiger partial charge in [0.05, 0.1) is 0 Å². The maximum Gasteiger partial charge on any atom is 1.00 e. The van der Waals surface area contributed by atoms with Crippen molar-refractivity contribution in [3.05, 3.63) is 0 Å². The van der Waals surface area contributed by atoms with Crippen LogP contribution < -0.4 is 51.4 Å². The number of piperidine rings is 1. The van der Waals surface area contributed by atoms with E-state index < -0.39 is 13.4 Å². The van der Waals surface area contributed by atoms with Gasteiger partial charge in [0.25, 0.3) is 0 Å². The molecule has 0 aromatic heterocycles. The molecular weight excluding hydrogens is 231 g/mol. The molecular formula is C8H17BF3KN2. The number of hydrogen-bond acceptors (Lipinski definition) is 2. The summed E-state index contributed by atoms with van der Waals surface area (Å²) in [6.07, 6.45) is 1.17. The minimum absolute atomic E-state index is 0. The molecule has 0 spiro atoms. The van der Waals surface area contributed by atoms with Crippen LogP contribution in [0.15, 0.2) is 0 Å². The van der Waals surface area contributed by atoms with E-state index in [2.05, 4.69) is 0 Å². The topological polar surface area (TPSA) is 6.48 Å². The van der Waals surface area contributed by atoms with Gasteiger partial charge in [0, 0.05) is 12.6 Å². The van der Waals surface area contributed by atoms with Crippen LogP contribution in [0.3, 0.4) is 0 Å². The van der Waals surface area contributed by atoms with Gasteiger partial charge in [-0.15, -0.1) is 0 Å². The van der Waals surface area contributed by atoms with Crippen molar-refractivity contribution in [2.45, 2.75) is 18.9 Å². The molecule has 1 fully saturated rings. The second-order valence-corrected chi connectivity index (χ2v) is 4.23. The Bertz CT molecular complexity index is 189. The molecule has 84 valence electrons. The van der Waals surface area contributed by atoms with Crippen molar-refractivity contribution in [2.24, 2.45) is 0 Å². The summed E-state index contributed by atoms with van der Waals surface area (Å²) in [4.78, 5) is 3.53. The fourth-order valence-corrected chi connectivity index (χ4v) is 1.91. The van der Waals surface area contributed by atoms with Crippen molar-refractivity contribution < 1.29 is 64.3 Å². The summed E-state index contributed by atoms with van der Waals surface area (Å²) in [5.74, 6) is 0. The average Bonchev–Trinajstić information content (AvgIpc) is 2.01. The van der Waals surface area contributed by atoms with Crippen LogP contribution in [0.1, 0.15) is 12.8 Å². The predicted molar refractivity (Wildman–Crippen MR) is 52.2 cm³/mol. The molecule has 1 unspecified atom stereocenters. The SMILES string of the molecule is CN(C)C1CCCN(C[B-](F)(F)F)C1.[K+]. The van der Waals surface area contributed by atoms with Crippen molar-refractivity contribution in [3.63, 3.8) is 0 Å². The first-order valence-corrected chi connectivity index (χ1v) is 4.98. The Labute approximate surface area is 132 Å². The molecule has 0 amide bonds. The molecule has 1 rings (SSSR count). The summed E-state index contributed by atoms with van der Waals surface area (Å²) >= 11 is 0. The van der Waals surface area contributed by atoms with Gasteiger partial charge < -0.3 is 22.7 Å². The summed E-state index contributed by atoms with van der Waals surface area (Å²) in [6.45, 7) is -3.53. The van der Waals surface area contributed by atoms with Crippen LogP contribution in [0.4, 0.5) is 12.9 Å². The third-order valence-corrected chi connectivity index (χ3v) is 2.68. The quantitative estimate of drug-likeness (QED) is 0.555. The number of nitrogens with zero attached hydrogens (tertiary/aromatic N) is 2. The summed E-state index contributed by atoms with van der Waals surface area (Å²) in [7, 11) is 3.85. The minimum Gasteiger partial charge on any atom is -0.448 e. The van der Waals surface area contributed by atoms with E-state index in [1.165, 1.54) is 4.90 Å². The fourth-order valence-electron chi connectivity index (χ4n) is 1.91. The molecule has 0 bridgehead atoms. The van der Waals surface area contributed by atoms with Gasteiger partial charge in [-0.2, -0.15) is 0 Å². The Morgan fingerprint density at radius 1 is 1.33 bits per heavy atom. The zero-order valence-electron chi connectivity index (χ0n) is 9.72. The first-order valence-electron chi connectivity index (χ1n) is 4.98. The Morgan fingerprint density at radius 3 is 2.40 bits per heavy atom. The molecule has 0 saturated carbocycles. The molecule has 0 aliphatic carbocycles. The number of rotatable bonds is 3. The second kappa shape index (κ2) is 6.98. The summed E-state index contributed by atoms with van der Waals surface area (Å²) in [5, 5.41) is 0. The molecule has 1 atom stereocenters. The van der Waals surface area contributed by atoms with Gasteiger partial charge in [-0.3, -0.25) is 0 Å². The molecule has 0 aromatic carbocycles. The average molecular weight is 248 g/mol. The molecule has 15 heavy (non-hydrogen) atoms. The first-order chi connectivity index (χ1) is 6.38. The summed E-state index contributed by atoms with van der Waals surface area (Å²) in [5.41, 5.74) is 0. The van der Waals surface area contributed by atoms with E-state index in [9.17, 15) is 12.9 Å². The van der Waals surface area contributed by atoms with Crippen LogP contribution in [0.25, 0.3) is 0 Å². The van der Waals surface area contributed by atoms with Crippen LogP contribution >= 0.6 is 0 Å². The Balaban J connectivity index is 0.00000196. The molecule has 0 aromatic rings. The van der Waals surface area contributed by atoms with Gasteiger partial charge in [-0.1, -0.05) is 0 Å². The normalized spacial score (nSPS) is 24.0. The van der Waals surface area contributed by atoms with E-state index in [0.717, 1.165) is 12.8 Å². The van der Waals surface area contributed by atoms with Gasteiger partial charge in [0.2, 0.25) is 0 Å². The van der Waals surface area contributed by atoms with E-state index in [1.54, 1.807) is 0 Å². The monoisotopic (exact) mass is 248 g/mol. The van der Waals surface area contributed by atoms with Crippen molar-refractivity contribution in [2.75, 3.05) is 33.6 Å². The molecule has 2 nitrogen and oxygen atoms in total. The number of halogens is 3. The molecule has 1 aliphatic rings. The standard InChI is InChI=1S/C8H17BF3N2.K/c1-13(2)8-4-3-5-14(6-8)7-9(10,11)12;/h8H,3-7H2,1-2H3;/q-1;+1. The van der Waals surface area contributed by atoms with Crippen LogP contribution in [-0.4, -0.2) is 56.4 Å². The fraction of sp³-hybridized carbons (Fsp3) is 1.00. The van der Waals surface area contributed by atoms with E-state index >= 15 is 0 Å². The van der Waals surface area contributed by atoms with Crippen molar-refractivity contribution in [3.8, 4) is 0 Å². The largest absolute Gasteiger partial charge is 1.00 e. The van der Waals surface area contributed by atoms with Gasteiger partial charge >= 0.3 is 58.4 Å². The van der Waals surface area contributed by atoms with E-state index in [4.69, 9.17) is 0 Å². The van der Waals surface area contributed by atoms with Crippen molar-refractivity contribution in [1.29, 1.82) is 0 Å². The van der Waals surface area contributed by atoms with E-state index in [1.807, 2.05) is 19.0 Å². The molecule has 1 aliphatic heterocycles. The summed E-state index contributed by atoms with van der Waals surface area (Å²) in [6, 6.07) is 0.280. The van der Waals surface area contributed by atoms with Crippen LogP contribution in [0.5, 0.6) is 0 Å². The van der Waals surface area contributed by atoms with Gasteiger partial charge in [0.15, 0.2) is 0 Å². The van der Waals surface area contributed by atoms with Crippen LogP contribution in [0.2, 0.25) is 0 Å². The summed E-state index contributed by atoms with van der Waals surface area (Å²) < 4.78 is 36.5. The molecule has 1 heterocycles. The third-order valence-electron chi connectivity index (χ3n) is 2.68. The second-order valence-electron chi connectivity index (χ2n) is 4.23.